The molecule has 0 radical (unpaired) electrons. The fourth-order valence-electron chi connectivity index (χ4n) is 8.43. The molecular weight excluding hydrogens is 997 g/mol. The van der Waals surface area contributed by atoms with E-state index in [9.17, 15) is 0 Å². The van der Waals surface area contributed by atoms with Crippen molar-refractivity contribution in [2.75, 3.05) is 157 Å². The summed E-state index contributed by atoms with van der Waals surface area (Å²) in [6.45, 7) is 0. The van der Waals surface area contributed by atoms with E-state index in [1.54, 1.807) is 79.1 Å². The van der Waals surface area contributed by atoms with Crippen molar-refractivity contribution < 1.29 is 56.8 Å². The zero-order valence-electron chi connectivity index (χ0n) is 48.0. The second kappa shape index (κ2) is 24.7. The average molecular weight is 1070 g/mol. The zero-order valence-corrected chi connectivity index (χ0v) is 48.0. The second-order valence-corrected chi connectivity index (χ2v) is 19.0. The maximum absolute atomic E-state index is 7.20. The first-order valence-electron chi connectivity index (χ1n) is 24.8. The third-order valence-electron chi connectivity index (χ3n) is 12.4. The van der Waals surface area contributed by atoms with Crippen LogP contribution < -0.4 is 86.2 Å². The van der Waals surface area contributed by atoms with Crippen molar-refractivity contribution in [1.82, 2.24) is 0 Å². The Morgan fingerprint density at radius 3 is 0.436 bits per heavy atom. The fourth-order valence-corrected chi connectivity index (χ4v) is 8.43. The number of nitrogens with zero attached hydrogens (tertiary/aromatic N) is 6. The molecule has 18 heteroatoms. The largest absolute Gasteiger partial charge is 0.494 e. The van der Waals surface area contributed by atoms with E-state index in [2.05, 4.69) is 0 Å². The van der Waals surface area contributed by atoms with Crippen molar-refractivity contribution >= 4 is 34.1 Å². The van der Waals surface area contributed by atoms with Gasteiger partial charge in [-0.05, 0) is 72.8 Å². The smallest absolute Gasteiger partial charge is 0.220 e. The van der Waals surface area contributed by atoms with Crippen LogP contribution in [-0.4, -0.2) is 127 Å². The minimum atomic E-state index is -0.00685. The Labute approximate surface area is 458 Å². The molecule has 0 aliphatic heterocycles. The Kier molecular flexibility index (Phi) is 18.0. The highest BCUT2D eigenvalue weighted by Crippen LogP contribution is 2.64. The summed E-state index contributed by atoms with van der Waals surface area (Å²) in [4.78, 5) is 11.6. The lowest BCUT2D eigenvalue weighted by Crippen LogP contribution is -2.11. The lowest BCUT2D eigenvalue weighted by molar-refractivity contribution is 0.323. The highest BCUT2D eigenvalue weighted by atomic mass is 16.6. The molecule has 0 amide bonds. The summed E-state index contributed by atoms with van der Waals surface area (Å²) in [6.07, 6.45) is 0. The lowest BCUT2D eigenvalue weighted by atomic mass is 10.1. The number of ether oxygens (including phenoxy) is 12. The third-order valence-corrected chi connectivity index (χ3v) is 12.4. The lowest BCUT2D eigenvalue weighted by Gasteiger charge is -2.27. The molecule has 0 spiro atoms. The summed E-state index contributed by atoms with van der Waals surface area (Å²) in [6, 6.07) is 32.8. The molecule has 0 aliphatic carbocycles. The van der Waals surface area contributed by atoms with Crippen molar-refractivity contribution in [3.05, 3.63) is 109 Å². The molecular formula is C60H72N6O12. The first-order chi connectivity index (χ1) is 37.3. The molecule has 0 heterocycles. The number of benzene rings is 7. The predicted molar refractivity (Wildman–Crippen MR) is 311 cm³/mol. The van der Waals surface area contributed by atoms with E-state index in [1.165, 1.54) is 0 Å². The van der Waals surface area contributed by atoms with Crippen LogP contribution in [0.3, 0.4) is 0 Å². The van der Waals surface area contributed by atoms with E-state index in [0.717, 1.165) is 34.1 Å². The van der Waals surface area contributed by atoms with Crippen molar-refractivity contribution in [2.24, 2.45) is 0 Å². The maximum Gasteiger partial charge on any atom is 0.220 e. The summed E-state index contributed by atoms with van der Waals surface area (Å²) >= 11 is 0. The van der Waals surface area contributed by atoms with Crippen LogP contribution in [0.1, 0.15) is 0 Å². The Bertz CT molecular complexity index is 2650. The highest BCUT2D eigenvalue weighted by molar-refractivity contribution is 5.79. The minimum Gasteiger partial charge on any atom is -0.494 e. The van der Waals surface area contributed by atoms with Gasteiger partial charge in [-0.15, -0.1) is 0 Å². The number of hydrogen-bond acceptors (Lipinski definition) is 18. The van der Waals surface area contributed by atoms with E-state index in [4.69, 9.17) is 56.8 Å². The normalized spacial score (nSPS) is 10.7. The third kappa shape index (κ3) is 12.4. The molecule has 0 aromatic heterocycles. The standard InChI is InChI=1S/C60H72N6O12/c1-61(2)43-25-19-37(31-49(43)67-13)73-55-56(74-38-20-26-44(62(3)4)50(32-38)68-14)58(76-40-22-28-46(64(7)8)52(34-40)70-16)60(78-42-24-30-48(66(11)12)54(36-42)72-18)59(77-41-23-29-47(65(9)10)53(35-41)71-17)57(55)75-39-21-27-45(63(5)6)51(33-39)69-15/h19-36H,1-18H3. The van der Waals surface area contributed by atoms with E-state index >= 15 is 0 Å². The van der Waals surface area contributed by atoms with Crippen LogP contribution in [-0.2, 0) is 0 Å². The monoisotopic (exact) mass is 1070 g/mol. The maximum atomic E-state index is 7.20. The SMILES string of the molecule is COc1cc(Oc2c(Oc3ccc(N(C)C)c(OC)c3)c(Oc3ccc(N(C)C)c(OC)c3)c(Oc3ccc(N(C)C)c(OC)c3)c(Oc3ccc(N(C)C)c(OC)c3)c2Oc2ccc(N(C)C)c(OC)c2)ccc1N(C)C. The zero-order chi connectivity index (χ0) is 56.5. The van der Waals surface area contributed by atoms with Crippen LogP contribution in [0.25, 0.3) is 0 Å². The first kappa shape index (κ1) is 56.7. The number of methoxy groups -OCH3 is 6. The first-order valence-corrected chi connectivity index (χ1v) is 24.8. The van der Waals surface area contributed by atoms with Gasteiger partial charge in [-0.1, -0.05) is 0 Å². The topological polar surface area (TPSA) is 130 Å². The summed E-state index contributed by atoms with van der Waals surface area (Å²) in [5, 5.41) is 0. The van der Waals surface area contributed by atoms with Gasteiger partial charge in [0.2, 0.25) is 34.5 Å². The molecule has 0 bridgehead atoms. The molecule has 18 nitrogen and oxygen atoms in total. The highest BCUT2D eigenvalue weighted by Gasteiger charge is 2.36. The summed E-state index contributed by atoms with van der Waals surface area (Å²) in [7, 11) is 32.7. The Morgan fingerprint density at radius 1 is 0.205 bits per heavy atom. The molecule has 7 aromatic carbocycles. The van der Waals surface area contributed by atoms with Gasteiger partial charge in [0.15, 0.2) is 0 Å². The molecule has 0 fully saturated rings. The van der Waals surface area contributed by atoms with Gasteiger partial charge in [0.05, 0.1) is 76.8 Å². The average Bonchev–Trinajstić information content (AvgIpc) is 3.61. The molecule has 7 aromatic rings. The predicted octanol–water partition coefficient (Wildman–Crippen LogP) is 12.9. The van der Waals surface area contributed by atoms with Gasteiger partial charge in [0.1, 0.15) is 69.0 Å². The summed E-state index contributed by atoms with van der Waals surface area (Å²) in [5.41, 5.74) is 4.81. The van der Waals surface area contributed by atoms with Gasteiger partial charge in [0, 0.05) is 121 Å². The number of hydrogen-bond donors (Lipinski definition) is 0. The van der Waals surface area contributed by atoms with Gasteiger partial charge in [0.25, 0.3) is 0 Å². The van der Waals surface area contributed by atoms with Crippen LogP contribution in [0.5, 0.6) is 103 Å². The number of rotatable bonds is 24. The fraction of sp³-hybridized carbons (Fsp3) is 0.300. The quantitative estimate of drug-likeness (QED) is 0.0568. The molecule has 0 N–H and O–H groups in total. The summed E-state index contributed by atoms with van der Waals surface area (Å²) < 4.78 is 78.9. The van der Waals surface area contributed by atoms with Gasteiger partial charge < -0.3 is 86.2 Å². The van der Waals surface area contributed by atoms with E-state index in [1.807, 2.05) is 187 Å². The van der Waals surface area contributed by atoms with E-state index in [0.29, 0.717) is 69.0 Å². The molecule has 78 heavy (non-hydrogen) atoms. The van der Waals surface area contributed by atoms with Gasteiger partial charge in [-0.2, -0.15) is 0 Å². The molecule has 0 atom stereocenters. The van der Waals surface area contributed by atoms with Gasteiger partial charge in [-0.3, -0.25) is 0 Å². The van der Waals surface area contributed by atoms with Crippen molar-refractivity contribution in [1.29, 1.82) is 0 Å². The van der Waals surface area contributed by atoms with Crippen molar-refractivity contribution in [3.8, 4) is 103 Å². The van der Waals surface area contributed by atoms with Gasteiger partial charge >= 0.3 is 0 Å². The van der Waals surface area contributed by atoms with Crippen LogP contribution in [0.2, 0.25) is 0 Å². The molecule has 7 rings (SSSR count). The van der Waals surface area contributed by atoms with Gasteiger partial charge in [-0.25, -0.2) is 0 Å². The van der Waals surface area contributed by atoms with Crippen LogP contribution in [0, 0.1) is 0 Å². The molecule has 414 valence electrons. The second-order valence-electron chi connectivity index (χ2n) is 19.0. The van der Waals surface area contributed by atoms with Crippen LogP contribution in [0.4, 0.5) is 34.1 Å². The van der Waals surface area contributed by atoms with Crippen LogP contribution >= 0.6 is 0 Å². The van der Waals surface area contributed by atoms with Crippen LogP contribution in [0.15, 0.2) is 109 Å². The molecule has 0 aliphatic rings. The Balaban J connectivity index is 1.70. The Morgan fingerprint density at radius 2 is 0.333 bits per heavy atom. The minimum absolute atomic E-state index is 0.00685. The van der Waals surface area contributed by atoms with E-state index in [-0.39, 0.29) is 34.5 Å². The Hall–Kier alpha value is -9.06. The molecule has 0 saturated heterocycles. The number of anilines is 6. The molecule has 0 saturated carbocycles. The van der Waals surface area contributed by atoms with Crippen molar-refractivity contribution in [3.63, 3.8) is 0 Å². The molecule has 0 unspecified atom stereocenters. The van der Waals surface area contributed by atoms with E-state index < -0.39 is 0 Å². The summed E-state index contributed by atoms with van der Waals surface area (Å²) in [5.74, 6) is 5.11. The van der Waals surface area contributed by atoms with Crippen molar-refractivity contribution in [2.45, 2.75) is 0 Å².